The zero-order valence-electron chi connectivity index (χ0n) is 13.8. The van der Waals surface area contributed by atoms with Crippen molar-refractivity contribution in [2.75, 3.05) is 25.0 Å². The van der Waals surface area contributed by atoms with Crippen LogP contribution >= 0.6 is 0 Å². The summed E-state index contributed by atoms with van der Waals surface area (Å²) in [6, 6.07) is 13.1. The number of urea groups is 1. The molecule has 7 nitrogen and oxygen atoms in total. The fraction of sp³-hybridized carbons (Fsp3) is 0.278. The third-order valence-corrected chi connectivity index (χ3v) is 3.57. The molecule has 134 valence electrons. The van der Waals surface area contributed by atoms with E-state index >= 15 is 0 Å². The number of para-hydroxylation sites is 1. The smallest absolute Gasteiger partial charge is 0.319 e. The number of nitrogens with one attached hydrogen (secondary N) is 3. The monoisotopic (exact) mass is 345 g/mol. The fourth-order valence-corrected chi connectivity index (χ4v) is 2.22. The summed E-state index contributed by atoms with van der Waals surface area (Å²) < 4.78 is 0. The average molecular weight is 345 g/mol. The van der Waals surface area contributed by atoms with E-state index in [0.717, 1.165) is 5.69 Å². The van der Waals surface area contributed by atoms with Gasteiger partial charge in [-0.3, -0.25) is 0 Å². The summed E-state index contributed by atoms with van der Waals surface area (Å²) in [5.74, 6) is -0.478. The zero-order valence-corrected chi connectivity index (χ0v) is 13.8. The molecule has 0 heterocycles. The van der Waals surface area contributed by atoms with Crippen molar-refractivity contribution in [3.05, 3.63) is 54.1 Å². The van der Waals surface area contributed by atoms with Gasteiger partial charge in [-0.05, 0) is 42.8 Å². The van der Waals surface area contributed by atoms with Crippen LogP contribution in [0.25, 0.3) is 0 Å². The SMILES string of the molecule is O=C(NCCCNCC(O)c1ccc(O)c(O)c1)Nc1ccccc1. The first-order valence-corrected chi connectivity index (χ1v) is 8.07. The Labute approximate surface area is 146 Å². The molecule has 0 aliphatic carbocycles. The lowest BCUT2D eigenvalue weighted by atomic mass is 10.1. The number of rotatable bonds is 8. The number of hydrogen-bond donors (Lipinski definition) is 6. The Hall–Kier alpha value is -2.77. The molecule has 0 bridgehead atoms. The van der Waals surface area contributed by atoms with E-state index in [4.69, 9.17) is 0 Å². The van der Waals surface area contributed by atoms with Gasteiger partial charge in [0.15, 0.2) is 11.5 Å². The molecule has 2 amide bonds. The van der Waals surface area contributed by atoms with E-state index in [2.05, 4.69) is 16.0 Å². The molecule has 0 aliphatic heterocycles. The first-order valence-electron chi connectivity index (χ1n) is 8.07. The van der Waals surface area contributed by atoms with Crippen LogP contribution in [0.15, 0.2) is 48.5 Å². The van der Waals surface area contributed by atoms with Crippen LogP contribution in [0.4, 0.5) is 10.5 Å². The minimum atomic E-state index is -0.791. The molecule has 0 saturated heterocycles. The number of amides is 2. The quantitative estimate of drug-likeness (QED) is 0.323. The van der Waals surface area contributed by atoms with E-state index in [9.17, 15) is 20.1 Å². The van der Waals surface area contributed by atoms with E-state index in [1.807, 2.05) is 30.3 Å². The molecule has 0 aromatic heterocycles. The van der Waals surface area contributed by atoms with Gasteiger partial charge in [0, 0.05) is 18.8 Å². The van der Waals surface area contributed by atoms with Gasteiger partial charge < -0.3 is 31.3 Å². The van der Waals surface area contributed by atoms with Gasteiger partial charge in [0.1, 0.15) is 0 Å². The molecule has 0 aliphatic rings. The Morgan fingerprint density at radius 1 is 1.00 bits per heavy atom. The summed E-state index contributed by atoms with van der Waals surface area (Å²) >= 11 is 0. The second kappa shape index (κ2) is 9.51. The number of anilines is 1. The molecule has 7 heteroatoms. The summed E-state index contributed by atoms with van der Waals surface area (Å²) in [7, 11) is 0. The van der Waals surface area contributed by atoms with Crippen LogP contribution in [0.1, 0.15) is 18.1 Å². The van der Waals surface area contributed by atoms with Crippen molar-refractivity contribution in [1.82, 2.24) is 10.6 Å². The van der Waals surface area contributed by atoms with Crippen LogP contribution < -0.4 is 16.0 Å². The highest BCUT2D eigenvalue weighted by atomic mass is 16.3. The van der Waals surface area contributed by atoms with Crippen LogP contribution in [0.3, 0.4) is 0 Å². The number of carbonyl (C=O) groups is 1. The van der Waals surface area contributed by atoms with Gasteiger partial charge in [-0.25, -0.2) is 4.79 Å². The number of phenolic OH excluding ortho intramolecular Hbond substituents is 2. The Morgan fingerprint density at radius 2 is 1.76 bits per heavy atom. The predicted molar refractivity (Wildman–Crippen MR) is 95.7 cm³/mol. The molecule has 2 rings (SSSR count). The van der Waals surface area contributed by atoms with Gasteiger partial charge in [0.2, 0.25) is 0 Å². The molecule has 0 radical (unpaired) electrons. The van der Waals surface area contributed by atoms with Crippen LogP contribution in [0, 0.1) is 0 Å². The minimum absolute atomic E-state index is 0.219. The van der Waals surface area contributed by atoms with E-state index < -0.39 is 6.10 Å². The van der Waals surface area contributed by atoms with Crippen LogP contribution in [-0.2, 0) is 0 Å². The van der Waals surface area contributed by atoms with Crippen LogP contribution in [-0.4, -0.2) is 41.0 Å². The molecule has 25 heavy (non-hydrogen) atoms. The van der Waals surface area contributed by atoms with Gasteiger partial charge in [0.05, 0.1) is 6.10 Å². The van der Waals surface area contributed by atoms with Crippen molar-refractivity contribution in [3.63, 3.8) is 0 Å². The molecule has 6 N–H and O–H groups in total. The maximum Gasteiger partial charge on any atom is 0.319 e. The largest absolute Gasteiger partial charge is 0.504 e. The van der Waals surface area contributed by atoms with Gasteiger partial charge in [-0.15, -0.1) is 0 Å². The number of hydrogen-bond acceptors (Lipinski definition) is 5. The Bertz CT molecular complexity index is 679. The molecule has 2 aromatic rings. The van der Waals surface area contributed by atoms with Crippen molar-refractivity contribution in [2.24, 2.45) is 0 Å². The summed E-state index contributed by atoms with van der Waals surface area (Å²) in [6.07, 6.45) is -0.0868. The maximum atomic E-state index is 11.7. The lowest BCUT2D eigenvalue weighted by molar-refractivity contribution is 0.174. The average Bonchev–Trinajstić information content (AvgIpc) is 2.61. The van der Waals surface area contributed by atoms with Gasteiger partial charge >= 0.3 is 6.03 Å². The van der Waals surface area contributed by atoms with Crippen molar-refractivity contribution in [2.45, 2.75) is 12.5 Å². The van der Waals surface area contributed by atoms with Crippen molar-refractivity contribution >= 4 is 11.7 Å². The molecular formula is C18H23N3O4. The molecular weight excluding hydrogens is 322 g/mol. The third-order valence-electron chi connectivity index (χ3n) is 3.57. The summed E-state index contributed by atoms with van der Waals surface area (Å²) in [5.41, 5.74) is 1.25. The lowest BCUT2D eigenvalue weighted by Crippen LogP contribution is -2.31. The summed E-state index contributed by atoms with van der Waals surface area (Å²) in [6.45, 7) is 1.43. The predicted octanol–water partition coefficient (Wildman–Crippen LogP) is 1.93. The van der Waals surface area contributed by atoms with Crippen LogP contribution in [0.2, 0.25) is 0 Å². The second-order valence-electron chi connectivity index (χ2n) is 5.57. The van der Waals surface area contributed by atoms with E-state index in [0.29, 0.717) is 31.6 Å². The maximum absolute atomic E-state index is 11.7. The zero-order chi connectivity index (χ0) is 18.1. The first kappa shape index (κ1) is 18.6. The van der Waals surface area contributed by atoms with Crippen molar-refractivity contribution < 1.29 is 20.1 Å². The highest BCUT2D eigenvalue weighted by Crippen LogP contribution is 2.27. The minimum Gasteiger partial charge on any atom is -0.504 e. The summed E-state index contributed by atoms with van der Waals surface area (Å²) in [4.78, 5) is 11.7. The molecule has 0 fully saturated rings. The Balaban J connectivity index is 1.58. The van der Waals surface area contributed by atoms with Crippen molar-refractivity contribution in [1.29, 1.82) is 0 Å². The van der Waals surface area contributed by atoms with E-state index in [1.54, 1.807) is 6.07 Å². The molecule has 1 unspecified atom stereocenters. The number of aromatic hydroxyl groups is 2. The van der Waals surface area contributed by atoms with E-state index in [-0.39, 0.29) is 17.5 Å². The lowest BCUT2D eigenvalue weighted by Gasteiger charge is -2.13. The molecule has 1 atom stereocenters. The highest BCUT2D eigenvalue weighted by molar-refractivity contribution is 5.89. The van der Waals surface area contributed by atoms with Gasteiger partial charge in [-0.2, -0.15) is 0 Å². The standard InChI is InChI=1S/C18H23N3O4/c22-15-8-7-13(11-16(15)23)17(24)12-19-9-4-10-20-18(25)21-14-5-2-1-3-6-14/h1-3,5-8,11,17,19,22-24H,4,9-10,12H2,(H2,20,21,25). The Kier molecular flexibility index (Phi) is 7.06. The van der Waals surface area contributed by atoms with Crippen molar-refractivity contribution in [3.8, 4) is 11.5 Å². The third kappa shape index (κ3) is 6.33. The highest BCUT2D eigenvalue weighted by Gasteiger charge is 2.09. The number of phenols is 2. The number of aliphatic hydroxyl groups is 1. The second-order valence-corrected chi connectivity index (χ2v) is 5.57. The van der Waals surface area contributed by atoms with E-state index in [1.165, 1.54) is 12.1 Å². The van der Waals surface area contributed by atoms with Crippen LogP contribution in [0.5, 0.6) is 11.5 Å². The topological polar surface area (TPSA) is 114 Å². The molecule has 0 saturated carbocycles. The first-order chi connectivity index (χ1) is 12.1. The van der Waals surface area contributed by atoms with Gasteiger partial charge in [0.25, 0.3) is 0 Å². The number of aliphatic hydroxyl groups excluding tert-OH is 1. The normalized spacial score (nSPS) is 11.7. The fourth-order valence-electron chi connectivity index (χ4n) is 2.22. The molecule has 2 aromatic carbocycles. The number of carbonyl (C=O) groups excluding carboxylic acids is 1. The molecule has 0 spiro atoms. The van der Waals surface area contributed by atoms with Gasteiger partial charge in [-0.1, -0.05) is 24.3 Å². The Morgan fingerprint density at radius 3 is 2.48 bits per heavy atom. The summed E-state index contributed by atoms with van der Waals surface area (Å²) in [5, 5.41) is 37.2. The number of benzene rings is 2.